The molecule has 0 aromatic carbocycles. The minimum absolute atomic E-state index is 0.0762. The van der Waals surface area contributed by atoms with Crippen molar-refractivity contribution in [3.8, 4) is 0 Å². The van der Waals surface area contributed by atoms with Gasteiger partial charge in [-0.1, -0.05) is 17.8 Å². The first-order chi connectivity index (χ1) is 10.6. The standard InChI is InChI=1S/C14H16N6OS/c1-9(2)20-14(16-17-18-20)22-8-11-7-12(21)19-6-4-5-10(3)13(19)15-11/h4-7,9H,8H2,1-3H3. The highest BCUT2D eigenvalue weighted by atomic mass is 32.2. The number of pyridine rings is 1. The van der Waals surface area contributed by atoms with Crippen LogP contribution in [0, 0.1) is 6.92 Å². The number of aryl methyl sites for hydroxylation is 1. The number of nitrogens with zero attached hydrogens (tertiary/aromatic N) is 6. The van der Waals surface area contributed by atoms with Crippen LogP contribution in [0.3, 0.4) is 0 Å². The zero-order chi connectivity index (χ0) is 15.7. The molecule has 3 heterocycles. The van der Waals surface area contributed by atoms with E-state index in [9.17, 15) is 4.79 Å². The Kier molecular flexibility index (Phi) is 3.93. The highest BCUT2D eigenvalue weighted by Gasteiger charge is 2.11. The fraction of sp³-hybridized carbons (Fsp3) is 0.357. The summed E-state index contributed by atoms with van der Waals surface area (Å²) >= 11 is 1.47. The van der Waals surface area contributed by atoms with Gasteiger partial charge in [-0.05, 0) is 42.8 Å². The van der Waals surface area contributed by atoms with Crippen LogP contribution >= 0.6 is 11.8 Å². The van der Waals surface area contributed by atoms with Crippen molar-refractivity contribution in [1.29, 1.82) is 0 Å². The Morgan fingerprint density at radius 1 is 1.36 bits per heavy atom. The average Bonchev–Trinajstić information content (AvgIpc) is 2.95. The van der Waals surface area contributed by atoms with Gasteiger partial charge in [-0.25, -0.2) is 9.67 Å². The second kappa shape index (κ2) is 5.88. The maximum atomic E-state index is 12.2. The molecule has 0 radical (unpaired) electrons. The molecule has 0 fully saturated rings. The molecule has 0 N–H and O–H groups in total. The van der Waals surface area contributed by atoms with E-state index in [0.717, 1.165) is 16.4 Å². The van der Waals surface area contributed by atoms with Crippen LogP contribution in [0.1, 0.15) is 31.1 Å². The van der Waals surface area contributed by atoms with Gasteiger partial charge in [-0.2, -0.15) is 0 Å². The molecule has 3 aromatic rings. The van der Waals surface area contributed by atoms with Crippen molar-refractivity contribution in [3.05, 3.63) is 46.0 Å². The number of hydrogen-bond donors (Lipinski definition) is 0. The van der Waals surface area contributed by atoms with Gasteiger partial charge in [0.05, 0.1) is 11.7 Å². The largest absolute Gasteiger partial charge is 0.269 e. The minimum Gasteiger partial charge on any atom is -0.269 e. The summed E-state index contributed by atoms with van der Waals surface area (Å²) in [6.07, 6.45) is 1.73. The van der Waals surface area contributed by atoms with Crippen LogP contribution in [0.5, 0.6) is 0 Å². The van der Waals surface area contributed by atoms with Crippen LogP contribution < -0.4 is 5.56 Å². The van der Waals surface area contributed by atoms with Gasteiger partial charge in [0.15, 0.2) is 0 Å². The molecular weight excluding hydrogens is 300 g/mol. The van der Waals surface area contributed by atoms with Gasteiger partial charge >= 0.3 is 0 Å². The molecule has 8 heteroatoms. The van der Waals surface area contributed by atoms with E-state index in [1.807, 2.05) is 32.9 Å². The van der Waals surface area contributed by atoms with E-state index in [0.29, 0.717) is 11.4 Å². The fourth-order valence-corrected chi connectivity index (χ4v) is 3.02. The molecule has 0 unspecified atom stereocenters. The van der Waals surface area contributed by atoms with Crippen molar-refractivity contribution in [1.82, 2.24) is 29.6 Å². The molecule has 0 aliphatic rings. The molecule has 22 heavy (non-hydrogen) atoms. The minimum atomic E-state index is -0.0762. The van der Waals surface area contributed by atoms with Crippen molar-refractivity contribution in [2.24, 2.45) is 0 Å². The van der Waals surface area contributed by atoms with Crippen molar-refractivity contribution in [2.75, 3.05) is 0 Å². The highest BCUT2D eigenvalue weighted by Crippen LogP contribution is 2.21. The zero-order valence-electron chi connectivity index (χ0n) is 12.6. The third-order valence-corrected chi connectivity index (χ3v) is 4.21. The molecule has 0 bridgehead atoms. The lowest BCUT2D eigenvalue weighted by atomic mass is 10.3. The van der Waals surface area contributed by atoms with E-state index in [1.54, 1.807) is 21.3 Å². The molecule has 3 rings (SSSR count). The number of aromatic nitrogens is 6. The van der Waals surface area contributed by atoms with Gasteiger partial charge in [0, 0.05) is 18.0 Å². The first-order valence-corrected chi connectivity index (χ1v) is 7.93. The quantitative estimate of drug-likeness (QED) is 0.684. The molecule has 0 amide bonds. The lowest BCUT2D eigenvalue weighted by molar-refractivity contribution is 0.477. The van der Waals surface area contributed by atoms with Gasteiger partial charge in [0.25, 0.3) is 5.56 Å². The summed E-state index contributed by atoms with van der Waals surface area (Å²) in [6.45, 7) is 5.98. The van der Waals surface area contributed by atoms with E-state index in [2.05, 4.69) is 20.5 Å². The smallest absolute Gasteiger partial charge is 0.258 e. The monoisotopic (exact) mass is 316 g/mol. The number of thioether (sulfide) groups is 1. The first kappa shape index (κ1) is 14.7. The molecule has 0 spiro atoms. The molecule has 0 aliphatic carbocycles. The molecule has 0 aliphatic heterocycles. The number of hydrogen-bond acceptors (Lipinski definition) is 6. The Morgan fingerprint density at radius 2 is 2.18 bits per heavy atom. The Balaban J connectivity index is 1.90. The van der Waals surface area contributed by atoms with E-state index < -0.39 is 0 Å². The van der Waals surface area contributed by atoms with Crippen molar-refractivity contribution in [2.45, 2.75) is 37.7 Å². The SMILES string of the molecule is Cc1cccn2c(=O)cc(CSc3nnnn3C(C)C)nc12. The van der Waals surface area contributed by atoms with Crippen molar-refractivity contribution in [3.63, 3.8) is 0 Å². The van der Waals surface area contributed by atoms with Crippen LogP contribution in [-0.2, 0) is 5.75 Å². The summed E-state index contributed by atoms with van der Waals surface area (Å²) in [5.41, 5.74) is 2.31. The summed E-state index contributed by atoms with van der Waals surface area (Å²) in [6, 6.07) is 5.53. The topological polar surface area (TPSA) is 78.0 Å². The highest BCUT2D eigenvalue weighted by molar-refractivity contribution is 7.98. The number of tetrazole rings is 1. The Hall–Kier alpha value is -2.22. The molecule has 0 saturated carbocycles. The average molecular weight is 316 g/mol. The summed E-state index contributed by atoms with van der Waals surface area (Å²) in [7, 11) is 0. The molecule has 7 nitrogen and oxygen atoms in total. The number of fused-ring (bicyclic) bond motifs is 1. The van der Waals surface area contributed by atoms with Crippen LogP contribution in [-0.4, -0.2) is 29.6 Å². The zero-order valence-corrected chi connectivity index (χ0v) is 13.4. The Labute approximate surface area is 131 Å². The van der Waals surface area contributed by atoms with E-state index >= 15 is 0 Å². The third kappa shape index (κ3) is 2.74. The summed E-state index contributed by atoms with van der Waals surface area (Å²) in [4.78, 5) is 16.7. The fourth-order valence-electron chi connectivity index (χ4n) is 2.13. The van der Waals surface area contributed by atoms with Crippen LogP contribution in [0.4, 0.5) is 0 Å². The Bertz CT molecular complexity index is 869. The molecule has 0 saturated heterocycles. The third-order valence-electron chi connectivity index (χ3n) is 3.24. The second-order valence-corrected chi connectivity index (χ2v) is 6.20. The summed E-state index contributed by atoms with van der Waals surface area (Å²) < 4.78 is 3.31. The first-order valence-electron chi connectivity index (χ1n) is 6.95. The molecule has 3 aromatic heterocycles. The predicted octanol–water partition coefficient (Wildman–Crippen LogP) is 1.86. The molecule has 0 atom stereocenters. The maximum Gasteiger partial charge on any atom is 0.258 e. The number of rotatable bonds is 4. The van der Waals surface area contributed by atoms with Crippen molar-refractivity contribution < 1.29 is 0 Å². The van der Waals surface area contributed by atoms with Gasteiger partial charge in [-0.15, -0.1) is 5.10 Å². The normalized spacial score (nSPS) is 11.5. The molecular formula is C14H16N6OS. The van der Waals surface area contributed by atoms with Gasteiger partial charge in [0.1, 0.15) is 5.65 Å². The maximum absolute atomic E-state index is 12.2. The van der Waals surface area contributed by atoms with Gasteiger partial charge < -0.3 is 0 Å². The summed E-state index contributed by atoms with van der Waals surface area (Å²) in [5, 5.41) is 12.4. The molecule has 114 valence electrons. The lowest BCUT2D eigenvalue weighted by Crippen LogP contribution is -2.15. The van der Waals surface area contributed by atoms with E-state index in [4.69, 9.17) is 0 Å². The van der Waals surface area contributed by atoms with Gasteiger partial charge in [-0.3, -0.25) is 9.20 Å². The van der Waals surface area contributed by atoms with Crippen molar-refractivity contribution >= 4 is 17.4 Å². The van der Waals surface area contributed by atoms with Crippen LogP contribution in [0.25, 0.3) is 5.65 Å². The van der Waals surface area contributed by atoms with E-state index in [1.165, 1.54) is 11.8 Å². The van der Waals surface area contributed by atoms with Crippen LogP contribution in [0.2, 0.25) is 0 Å². The lowest BCUT2D eigenvalue weighted by Gasteiger charge is -2.08. The van der Waals surface area contributed by atoms with E-state index in [-0.39, 0.29) is 11.6 Å². The van der Waals surface area contributed by atoms with Crippen LogP contribution in [0.15, 0.2) is 34.3 Å². The van der Waals surface area contributed by atoms with Gasteiger partial charge in [0.2, 0.25) is 5.16 Å². The Morgan fingerprint density at radius 3 is 2.95 bits per heavy atom. The predicted molar refractivity (Wildman–Crippen MR) is 84.0 cm³/mol. The second-order valence-electron chi connectivity index (χ2n) is 5.26. The summed E-state index contributed by atoms with van der Waals surface area (Å²) in [5.74, 6) is 0.549.